The molecule has 0 bridgehead atoms. The van der Waals surface area contributed by atoms with Gasteiger partial charge in [-0.15, -0.1) is 0 Å². The fraction of sp³-hybridized carbons (Fsp3) is 0.421. The number of dihydropyridines is 1. The highest BCUT2D eigenvalue weighted by Gasteiger charge is 2.44. The third-order valence-corrected chi connectivity index (χ3v) is 8.89. The summed E-state index contributed by atoms with van der Waals surface area (Å²) in [6.45, 7) is 3.08. The third kappa shape index (κ3) is 4.26. The van der Waals surface area contributed by atoms with Crippen molar-refractivity contribution in [3.63, 3.8) is 0 Å². The van der Waals surface area contributed by atoms with Gasteiger partial charge in [-0.3, -0.25) is 0 Å². The summed E-state index contributed by atoms with van der Waals surface area (Å²) in [5.41, 5.74) is -0.242. The number of benzene rings is 1. The number of sulfone groups is 2. The van der Waals surface area contributed by atoms with E-state index in [0.717, 1.165) is 6.07 Å². The van der Waals surface area contributed by atoms with E-state index in [1.165, 1.54) is 19.1 Å². The van der Waals surface area contributed by atoms with E-state index in [2.05, 4.69) is 5.32 Å². The molecule has 0 spiro atoms. The zero-order valence-corrected chi connectivity index (χ0v) is 18.8. The molecule has 0 radical (unpaired) electrons. The maximum atomic E-state index is 14.9. The van der Waals surface area contributed by atoms with Crippen LogP contribution in [0.2, 0.25) is 5.02 Å². The van der Waals surface area contributed by atoms with Gasteiger partial charge in [0, 0.05) is 22.0 Å². The molecule has 0 amide bonds. The summed E-state index contributed by atoms with van der Waals surface area (Å²) in [4.78, 5) is 12.4. The average molecular weight is 478 g/mol. The Bertz CT molecular complexity index is 1150. The molecule has 30 heavy (non-hydrogen) atoms. The van der Waals surface area contributed by atoms with Crippen molar-refractivity contribution in [2.75, 3.05) is 23.9 Å². The third-order valence-electron chi connectivity index (χ3n) is 4.94. The van der Waals surface area contributed by atoms with Gasteiger partial charge in [0.15, 0.2) is 19.7 Å². The second-order valence-electron chi connectivity index (χ2n) is 7.06. The standard InChI is InChI=1S/C19H21ClFNO6S2/c1-3-28-19(23)15-11(2)22-14-10-29(24,25)8-5-9-30(26,27)18(14)17(15)16-12(20)6-4-7-13(16)21/h4,6-7,17,22H,3,5,8-10H2,1-2H3. The van der Waals surface area contributed by atoms with Gasteiger partial charge in [0.25, 0.3) is 0 Å². The molecule has 164 valence electrons. The molecule has 2 aliphatic rings. The highest BCUT2D eigenvalue weighted by atomic mass is 35.5. The zero-order valence-electron chi connectivity index (χ0n) is 16.4. The number of hydrogen-bond donors (Lipinski definition) is 1. The predicted octanol–water partition coefficient (Wildman–Crippen LogP) is 2.45. The summed E-state index contributed by atoms with van der Waals surface area (Å²) >= 11 is 6.24. The Morgan fingerprint density at radius 1 is 1.27 bits per heavy atom. The van der Waals surface area contributed by atoms with Gasteiger partial charge in [0.05, 0.1) is 40.3 Å². The molecule has 11 heteroatoms. The Labute approximate surface area is 179 Å². The van der Waals surface area contributed by atoms with E-state index in [4.69, 9.17) is 16.3 Å². The molecule has 0 aliphatic carbocycles. The molecule has 1 atom stereocenters. The molecule has 1 aromatic carbocycles. The lowest BCUT2D eigenvalue weighted by atomic mass is 9.86. The SMILES string of the molecule is CCOC(=O)C1=C(C)NC2=C(C1c1c(F)cccc1Cl)S(=O)(=O)CCCS(=O)(=O)C2. The van der Waals surface area contributed by atoms with Crippen LogP contribution < -0.4 is 5.32 Å². The second-order valence-corrected chi connectivity index (χ2v) is 11.7. The molecule has 7 nitrogen and oxygen atoms in total. The van der Waals surface area contributed by atoms with Crippen LogP contribution in [0.25, 0.3) is 0 Å². The maximum Gasteiger partial charge on any atom is 0.336 e. The van der Waals surface area contributed by atoms with E-state index >= 15 is 0 Å². The highest BCUT2D eigenvalue weighted by Crippen LogP contribution is 2.45. The number of esters is 1. The Morgan fingerprint density at radius 3 is 2.60 bits per heavy atom. The number of hydrogen-bond acceptors (Lipinski definition) is 7. The summed E-state index contributed by atoms with van der Waals surface area (Å²) in [6.07, 6.45) is -0.101. The molecule has 3 rings (SSSR count). The van der Waals surface area contributed by atoms with Crippen LogP contribution >= 0.6 is 11.6 Å². The van der Waals surface area contributed by atoms with Crippen LogP contribution in [0.3, 0.4) is 0 Å². The Balaban J connectivity index is 2.38. The Kier molecular flexibility index (Phi) is 6.31. The minimum absolute atomic E-state index is 0.0143. The summed E-state index contributed by atoms with van der Waals surface area (Å²) in [5, 5.41) is 2.68. The van der Waals surface area contributed by atoms with Gasteiger partial charge in [0.1, 0.15) is 5.82 Å². The van der Waals surface area contributed by atoms with Crippen LogP contribution in [0, 0.1) is 5.82 Å². The van der Waals surface area contributed by atoms with Gasteiger partial charge < -0.3 is 10.1 Å². The molecule has 2 aliphatic heterocycles. The molecular formula is C19H21ClFNO6S2. The molecule has 0 aromatic heterocycles. The first-order chi connectivity index (χ1) is 14.0. The van der Waals surface area contributed by atoms with Crippen molar-refractivity contribution in [2.24, 2.45) is 0 Å². The van der Waals surface area contributed by atoms with Gasteiger partial charge in [-0.25, -0.2) is 26.0 Å². The lowest BCUT2D eigenvalue weighted by Gasteiger charge is -2.33. The van der Waals surface area contributed by atoms with Crippen molar-refractivity contribution < 1.29 is 30.8 Å². The van der Waals surface area contributed by atoms with Gasteiger partial charge in [-0.1, -0.05) is 17.7 Å². The van der Waals surface area contributed by atoms with Crippen molar-refractivity contribution in [2.45, 2.75) is 26.2 Å². The molecule has 1 N–H and O–H groups in total. The lowest BCUT2D eigenvalue weighted by molar-refractivity contribution is -0.138. The molecule has 0 fully saturated rings. The normalized spacial score (nSPS) is 23.1. The number of ether oxygens (including phenoxy) is 1. The van der Waals surface area contributed by atoms with Crippen LogP contribution in [0.1, 0.15) is 31.7 Å². The number of carbonyl (C=O) groups is 1. The average Bonchev–Trinajstić information content (AvgIpc) is 2.59. The van der Waals surface area contributed by atoms with Crippen LogP contribution in [-0.4, -0.2) is 46.7 Å². The van der Waals surface area contributed by atoms with Crippen LogP contribution in [0.15, 0.2) is 40.1 Å². The number of nitrogens with one attached hydrogen (secondary N) is 1. The summed E-state index contributed by atoms with van der Waals surface area (Å²) < 4.78 is 71.2. The van der Waals surface area contributed by atoms with E-state index < -0.39 is 48.9 Å². The first-order valence-electron chi connectivity index (χ1n) is 9.23. The summed E-state index contributed by atoms with van der Waals surface area (Å²) in [7, 11) is -7.65. The van der Waals surface area contributed by atoms with E-state index in [1.54, 1.807) is 6.92 Å². The molecular weight excluding hydrogens is 457 g/mol. The van der Waals surface area contributed by atoms with Gasteiger partial charge >= 0.3 is 5.97 Å². The van der Waals surface area contributed by atoms with Crippen LogP contribution in [0.4, 0.5) is 4.39 Å². The fourth-order valence-corrected chi connectivity index (χ4v) is 7.54. The molecule has 2 heterocycles. The number of rotatable bonds is 3. The first-order valence-corrected chi connectivity index (χ1v) is 13.1. The van der Waals surface area contributed by atoms with E-state index in [0.29, 0.717) is 0 Å². The minimum atomic E-state index is -4.04. The molecule has 1 unspecified atom stereocenters. The van der Waals surface area contributed by atoms with Crippen molar-refractivity contribution in [3.05, 3.63) is 56.5 Å². The maximum absolute atomic E-state index is 14.9. The Hall–Kier alpha value is -1.91. The predicted molar refractivity (Wildman–Crippen MR) is 111 cm³/mol. The zero-order chi connectivity index (χ0) is 22.3. The largest absolute Gasteiger partial charge is 0.463 e. The second kappa shape index (κ2) is 8.32. The first kappa shape index (κ1) is 22.8. The highest BCUT2D eigenvalue weighted by molar-refractivity contribution is 7.95. The monoisotopic (exact) mass is 477 g/mol. The fourth-order valence-electron chi connectivity index (χ4n) is 3.76. The van der Waals surface area contributed by atoms with Crippen molar-refractivity contribution in [1.82, 2.24) is 5.32 Å². The molecule has 1 aromatic rings. The van der Waals surface area contributed by atoms with E-state index in [-0.39, 0.29) is 51.2 Å². The number of carbonyl (C=O) groups excluding carboxylic acids is 1. The molecule has 0 saturated carbocycles. The smallest absolute Gasteiger partial charge is 0.336 e. The van der Waals surface area contributed by atoms with Crippen molar-refractivity contribution in [3.8, 4) is 0 Å². The van der Waals surface area contributed by atoms with E-state index in [9.17, 15) is 26.0 Å². The minimum Gasteiger partial charge on any atom is -0.463 e. The summed E-state index contributed by atoms with van der Waals surface area (Å²) in [6, 6.07) is 3.84. The van der Waals surface area contributed by atoms with Gasteiger partial charge in [-0.2, -0.15) is 0 Å². The van der Waals surface area contributed by atoms with Gasteiger partial charge in [0.2, 0.25) is 0 Å². The van der Waals surface area contributed by atoms with Crippen molar-refractivity contribution >= 4 is 37.2 Å². The van der Waals surface area contributed by atoms with Gasteiger partial charge in [-0.05, 0) is 32.4 Å². The van der Waals surface area contributed by atoms with Crippen LogP contribution in [-0.2, 0) is 29.2 Å². The van der Waals surface area contributed by atoms with Crippen LogP contribution in [0.5, 0.6) is 0 Å². The quantitative estimate of drug-likeness (QED) is 0.666. The summed E-state index contributed by atoms with van der Waals surface area (Å²) in [5.74, 6) is -4.38. The number of allylic oxidation sites excluding steroid dienone is 2. The van der Waals surface area contributed by atoms with E-state index in [1.807, 2.05) is 0 Å². The van der Waals surface area contributed by atoms with Crippen molar-refractivity contribution in [1.29, 1.82) is 0 Å². The topological polar surface area (TPSA) is 107 Å². The number of halogens is 2. The lowest BCUT2D eigenvalue weighted by Crippen LogP contribution is -2.38. The Morgan fingerprint density at radius 2 is 1.97 bits per heavy atom. The molecule has 0 saturated heterocycles.